The summed E-state index contributed by atoms with van der Waals surface area (Å²) in [5.74, 6) is -0.0348. The Labute approximate surface area is 107 Å². The van der Waals surface area contributed by atoms with Gasteiger partial charge in [0.05, 0.1) is 0 Å². The molecule has 0 saturated carbocycles. The smallest absolute Gasteiger partial charge is 0.270 e. The van der Waals surface area contributed by atoms with Crippen LogP contribution in [0.5, 0.6) is 0 Å². The van der Waals surface area contributed by atoms with E-state index in [2.05, 4.69) is 16.9 Å². The number of amides is 2. The highest BCUT2D eigenvalue weighted by Gasteiger charge is 2.27. The van der Waals surface area contributed by atoms with Gasteiger partial charge in [-0.2, -0.15) is 5.10 Å². The molecule has 0 unspecified atom stereocenters. The van der Waals surface area contributed by atoms with E-state index in [1.54, 1.807) is 7.05 Å². The number of rotatable bonds is 2. The highest BCUT2D eigenvalue weighted by Crippen LogP contribution is 2.11. The Morgan fingerprint density at radius 2 is 1.89 bits per heavy atom. The van der Waals surface area contributed by atoms with Crippen LogP contribution in [0.2, 0.25) is 0 Å². The summed E-state index contributed by atoms with van der Waals surface area (Å²) in [4.78, 5) is 27.7. The van der Waals surface area contributed by atoms with Crippen molar-refractivity contribution in [2.45, 2.75) is 19.8 Å². The van der Waals surface area contributed by atoms with Crippen LogP contribution in [0, 0.1) is 0 Å². The number of hydrazone groups is 1. The zero-order valence-corrected chi connectivity index (χ0v) is 11.1. The molecule has 0 aromatic rings. The molecule has 2 rings (SSSR count). The summed E-state index contributed by atoms with van der Waals surface area (Å²) < 4.78 is 0. The number of carbonyl (C=O) groups is 2. The van der Waals surface area contributed by atoms with E-state index < -0.39 is 0 Å². The Balaban J connectivity index is 1.96. The predicted molar refractivity (Wildman–Crippen MR) is 68.1 cm³/mol. The van der Waals surface area contributed by atoms with E-state index in [1.807, 2.05) is 4.90 Å². The molecular weight excluding hydrogens is 232 g/mol. The van der Waals surface area contributed by atoms with Crippen LogP contribution in [-0.2, 0) is 9.59 Å². The van der Waals surface area contributed by atoms with Gasteiger partial charge >= 0.3 is 0 Å². The number of piperazine rings is 1. The molecule has 1 fully saturated rings. The molecule has 0 spiro atoms. The van der Waals surface area contributed by atoms with Crippen LogP contribution in [0.25, 0.3) is 0 Å². The summed E-state index contributed by atoms with van der Waals surface area (Å²) in [5, 5.41) is 5.35. The van der Waals surface area contributed by atoms with Gasteiger partial charge in [0.25, 0.3) is 5.91 Å². The van der Waals surface area contributed by atoms with E-state index in [4.69, 9.17) is 0 Å². The second-order valence-corrected chi connectivity index (χ2v) is 4.69. The van der Waals surface area contributed by atoms with Crippen molar-refractivity contribution in [3.8, 4) is 0 Å². The predicted octanol–water partition coefficient (Wildman–Crippen LogP) is -0.241. The Morgan fingerprint density at radius 3 is 2.44 bits per heavy atom. The van der Waals surface area contributed by atoms with E-state index in [0.717, 1.165) is 32.7 Å². The van der Waals surface area contributed by atoms with Crippen LogP contribution < -0.4 is 0 Å². The zero-order valence-electron chi connectivity index (χ0n) is 11.1. The summed E-state index contributed by atoms with van der Waals surface area (Å²) in [6.45, 7) is 6.50. The molecule has 0 aliphatic carbocycles. The second kappa shape index (κ2) is 5.48. The summed E-state index contributed by atoms with van der Waals surface area (Å²) in [6, 6.07) is 0. The molecular formula is C12H20N4O2. The normalized spacial score (nSPS) is 22.1. The summed E-state index contributed by atoms with van der Waals surface area (Å²) in [6.07, 6.45) is 0.853. The third-order valence-electron chi connectivity index (χ3n) is 3.56. The maximum absolute atomic E-state index is 12.2. The maximum atomic E-state index is 12.2. The van der Waals surface area contributed by atoms with Gasteiger partial charge in [-0.15, -0.1) is 0 Å². The molecule has 0 aromatic heterocycles. The third-order valence-corrected chi connectivity index (χ3v) is 3.56. The molecule has 100 valence electrons. The molecule has 0 aromatic carbocycles. The van der Waals surface area contributed by atoms with Gasteiger partial charge in [-0.3, -0.25) is 9.59 Å². The largest absolute Gasteiger partial charge is 0.335 e. The van der Waals surface area contributed by atoms with Crippen LogP contribution >= 0.6 is 0 Å². The SMILES string of the molecule is CCN1CCN(C(=O)C2=NN(C)C(=O)CC2)CC1. The molecule has 2 heterocycles. The van der Waals surface area contributed by atoms with Crippen LogP contribution in [-0.4, -0.2) is 72.1 Å². The van der Waals surface area contributed by atoms with Gasteiger partial charge in [0, 0.05) is 46.1 Å². The average molecular weight is 252 g/mol. The maximum Gasteiger partial charge on any atom is 0.270 e. The standard InChI is InChI=1S/C12H20N4O2/c1-3-15-6-8-16(9-7-15)12(18)10-4-5-11(17)14(2)13-10/h3-9H2,1-2H3. The monoisotopic (exact) mass is 252 g/mol. The number of hydrogen-bond donors (Lipinski definition) is 0. The zero-order chi connectivity index (χ0) is 13.1. The van der Waals surface area contributed by atoms with Crippen LogP contribution in [0.4, 0.5) is 0 Å². The van der Waals surface area contributed by atoms with E-state index >= 15 is 0 Å². The second-order valence-electron chi connectivity index (χ2n) is 4.69. The quantitative estimate of drug-likeness (QED) is 0.681. The summed E-state index contributed by atoms with van der Waals surface area (Å²) in [5.41, 5.74) is 0.516. The van der Waals surface area contributed by atoms with Gasteiger partial charge in [-0.1, -0.05) is 6.92 Å². The van der Waals surface area contributed by atoms with Crippen molar-refractivity contribution in [3.63, 3.8) is 0 Å². The first-order chi connectivity index (χ1) is 8.61. The van der Waals surface area contributed by atoms with E-state index in [0.29, 0.717) is 18.6 Å². The van der Waals surface area contributed by atoms with Crippen LogP contribution in [0.1, 0.15) is 19.8 Å². The highest BCUT2D eigenvalue weighted by molar-refractivity contribution is 6.39. The number of nitrogens with zero attached hydrogens (tertiary/aromatic N) is 4. The summed E-state index contributed by atoms with van der Waals surface area (Å²) >= 11 is 0. The lowest BCUT2D eigenvalue weighted by Gasteiger charge is -2.34. The van der Waals surface area contributed by atoms with Crippen LogP contribution in [0.3, 0.4) is 0 Å². The van der Waals surface area contributed by atoms with Gasteiger partial charge in [0.1, 0.15) is 5.71 Å². The third kappa shape index (κ3) is 2.69. The lowest BCUT2D eigenvalue weighted by Crippen LogP contribution is -2.51. The Kier molecular flexibility index (Phi) is 3.96. The van der Waals surface area contributed by atoms with Crippen molar-refractivity contribution in [1.82, 2.24) is 14.8 Å². The molecule has 0 atom stereocenters. The molecule has 2 aliphatic rings. The molecule has 6 heteroatoms. The van der Waals surface area contributed by atoms with Gasteiger partial charge < -0.3 is 9.80 Å². The molecule has 2 aliphatic heterocycles. The lowest BCUT2D eigenvalue weighted by atomic mass is 10.1. The van der Waals surface area contributed by atoms with Crippen molar-refractivity contribution in [2.24, 2.45) is 5.10 Å². The highest BCUT2D eigenvalue weighted by atomic mass is 16.2. The first-order valence-corrected chi connectivity index (χ1v) is 6.47. The van der Waals surface area contributed by atoms with Crippen molar-refractivity contribution in [2.75, 3.05) is 39.8 Å². The number of likely N-dealkylation sites (N-methyl/N-ethyl adjacent to an activating group) is 1. The Morgan fingerprint density at radius 1 is 1.22 bits per heavy atom. The Bertz CT molecular complexity index is 372. The molecule has 0 radical (unpaired) electrons. The van der Waals surface area contributed by atoms with Gasteiger partial charge in [-0.25, -0.2) is 5.01 Å². The Hall–Kier alpha value is -1.43. The molecule has 18 heavy (non-hydrogen) atoms. The first kappa shape index (κ1) is 13.0. The van der Waals surface area contributed by atoms with Crippen molar-refractivity contribution in [1.29, 1.82) is 0 Å². The fourth-order valence-corrected chi connectivity index (χ4v) is 2.27. The fraction of sp³-hybridized carbons (Fsp3) is 0.750. The number of carbonyl (C=O) groups excluding carboxylic acids is 2. The van der Waals surface area contributed by atoms with Crippen molar-refractivity contribution in [3.05, 3.63) is 0 Å². The van der Waals surface area contributed by atoms with Gasteiger partial charge in [0.15, 0.2) is 0 Å². The lowest BCUT2D eigenvalue weighted by molar-refractivity contribution is -0.131. The van der Waals surface area contributed by atoms with E-state index in [-0.39, 0.29) is 11.8 Å². The average Bonchev–Trinajstić information content (AvgIpc) is 2.41. The summed E-state index contributed by atoms with van der Waals surface area (Å²) in [7, 11) is 1.60. The van der Waals surface area contributed by atoms with E-state index in [9.17, 15) is 9.59 Å². The fourth-order valence-electron chi connectivity index (χ4n) is 2.27. The van der Waals surface area contributed by atoms with Crippen LogP contribution in [0.15, 0.2) is 5.10 Å². The number of hydrogen-bond acceptors (Lipinski definition) is 4. The molecule has 0 N–H and O–H groups in total. The first-order valence-electron chi connectivity index (χ1n) is 6.47. The van der Waals surface area contributed by atoms with Gasteiger partial charge in [0.2, 0.25) is 5.91 Å². The minimum atomic E-state index is -0.0256. The molecule has 2 amide bonds. The topological polar surface area (TPSA) is 56.2 Å². The van der Waals surface area contributed by atoms with Gasteiger partial charge in [-0.05, 0) is 6.54 Å². The molecule has 6 nitrogen and oxygen atoms in total. The minimum Gasteiger partial charge on any atom is -0.335 e. The minimum absolute atomic E-state index is 0.00916. The van der Waals surface area contributed by atoms with E-state index in [1.165, 1.54) is 5.01 Å². The molecule has 0 bridgehead atoms. The van der Waals surface area contributed by atoms with Crippen molar-refractivity contribution >= 4 is 17.5 Å². The molecule has 1 saturated heterocycles. The van der Waals surface area contributed by atoms with Crippen molar-refractivity contribution < 1.29 is 9.59 Å².